The lowest BCUT2D eigenvalue weighted by atomic mass is 9.68. The van der Waals surface area contributed by atoms with Crippen LogP contribution in [-0.2, 0) is 15.4 Å². The van der Waals surface area contributed by atoms with Crippen molar-refractivity contribution in [2.24, 2.45) is 5.92 Å². The van der Waals surface area contributed by atoms with Crippen LogP contribution in [0.15, 0.2) is 60.7 Å². The van der Waals surface area contributed by atoms with Crippen LogP contribution in [0.25, 0.3) is 0 Å². The quantitative estimate of drug-likeness (QED) is 0.199. The molecule has 4 rings (SSSR count). The number of rotatable bonds is 12. The zero-order chi connectivity index (χ0) is 29.6. The van der Waals surface area contributed by atoms with Crippen LogP contribution in [0, 0.1) is 5.92 Å². The summed E-state index contributed by atoms with van der Waals surface area (Å²) < 4.78 is 39.9. The summed E-state index contributed by atoms with van der Waals surface area (Å²) in [5, 5.41) is 1.78. The summed E-state index contributed by atoms with van der Waals surface area (Å²) >= 11 is 24.7. The predicted octanol–water partition coefficient (Wildman–Crippen LogP) is 8.19. The number of sulfonamides is 1. The van der Waals surface area contributed by atoms with E-state index in [9.17, 15) is 8.42 Å². The van der Waals surface area contributed by atoms with Gasteiger partial charge in [0.25, 0.3) is 0 Å². The summed E-state index contributed by atoms with van der Waals surface area (Å²) in [6.45, 7) is 7.69. The maximum atomic E-state index is 12.8. The molecule has 1 fully saturated rings. The average molecular weight is 660 g/mol. The van der Waals surface area contributed by atoms with E-state index >= 15 is 0 Å². The number of benzene rings is 3. The Hall–Kier alpha value is -1.87. The minimum absolute atomic E-state index is 0.0938. The molecule has 3 aromatic rings. The maximum Gasteiger partial charge on any atom is 0.232 e. The normalized spacial score (nSPS) is 19.6. The lowest BCUT2D eigenvalue weighted by molar-refractivity contribution is 0.0971. The van der Waals surface area contributed by atoms with E-state index in [2.05, 4.69) is 29.5 Å². The molecule has 222 valence electrons. The number of nitrogens with one attached hydrogen (secondary N) is 1. The van der Waals surface area contributed by atoms with Crippen LogP contribution in [0.5, 0.6) is 11.5 Å². The Morgan fingerprint density at radius 3 is 2.05 bits per heavy atom. The molecule has 0 bridgehead atoms. The Bertz CT molecular complexity index is 1420. The zero-order valence-electron chi connectivity index (χ0n) is 23.0. The third-order valence-corrected chi connectivity index (χ3v) is 10.2. The first-order valence-corrected chi connectivity index (χ1v) is 16.6. The highest BCUT2D eigenvalue weighted by atomic mass is 35.5. The Morgan fingerprint density at radius 1 is 0.902 bits per heavy atom. The Balaban J connectivity index is 1.29. The molecule has 1 aliphatic rings. The van der Waals surface area contributed by atoms with E-state index in [1.165, 1.54) is 0 Å². The van der Waals surface area contributed by atoms with E-state index in [4.69, 9.17) is 55.9 Å². The van der Waals surface area contributed by atoms with Crippen molar-refractivity contribution in [2.45, 2.75) is 32.1 Å². The largest absolute Gasteiger partial charge is 0.490 e. The number of ether oxygens (including phenoxy) is 2. The molecular weight excluding hydrogens is 626 g/mol. The number of likely N-dealkylation sites (tertiary alicyclic amines) is 1. The third-order valence-electron chi connectivity index (χ3n) is 7.66. The Kier molecular flexibility index (Phi) is 11.0. The SMILES string of the molecule is CC1CN(CCOc2c(Cl)cccc2Cl)CCC1(C)c1cccc(NS(=O)(=O)CCCOc2c(Cl)cccc2Cl)c1. The molecule has 2 atom stereocenters. The predicted molar refractivity (Wildman–Crippen MR) is 170 cm³/mol. The number of hydrogen-bond acceptors (Lipinski definition) is 5. The van der Waals surface area contributed by atoms with Crippen molar-refractivity contribution in [3.63, 3.8) is 0 Å². The molecule has 0 spiro atoms. The fourth-order valence-corrected chi connectivity index (χ4v) is 7.16. The molecule has 0 aromatic heterocycles. The van der Waals surface area contributed by atoms with Gasteiger partial charge in [-0.1, -0.05) is 84.5 Å². The van der Waals surface area contributed by atoms with Crippen molar-refractivity contribution in [3.8, 4) is 11.5 Å². The van der Waals surface area contributed by atoms with Crippen molar-refractivity contribution in [3.05, 3.63) is 86.3 Å². The van der Waals surface area contributed by atoms with Gasteiger partial charge in [-0.15, -0.1) is 0 Å². The third kappa shape index (κ3) is 8.37. The van der Waals surface area contributed by atoms with Crippen molar-refractivity contribution in [1.29, 1.82) is 0 Å². The van der Waals surface area contributed by atoms with Crippen molar-refractivity contribution in [2.75, 3.05) is 43.3 Å². The fraction of sp³-hybridized carbons (Fsp3) is 0.400. The molecule has 1 heterocycles. The molecule has 0 aliphatic carbocycles. The molecule has 1 aliphatic heterocycles. The van der Waals surface area contributed by atoms with E-state index < -0.39 is 10.0 Å². The van der Waals surface area contributed by atoms with Crippen LogP contribution >= 0.6 is 46.4 Å². The number of hydrogen-bond donors (Lipinski definition) is 1. The van der Waals surface area contributed by atoms with Gasteiger partial charge in [-0.25, -0.2) is 8.42 Å². The Morgan fingerprint density at radius 2 is 1.46 bits per heavy atom. The van der Waals surface area contributed by atoms with E-state index in [0.717, 1.165) is 31.6 Å². The van der Waals surface area contributed by atoms with Gasteiger partial charge in [0.1, 0.15) is 6.61 Å². The van der Waals surface area contributed by atoms with Crippen molar-refractivity contribution in [1.82, 2.24) is 4.90 Å². The number of piperidine rings is 1. The highest BCUT2D eigenvalue weighted by molar-refractivity contribution is 7.92. The topological polar surface area (TPSA) is 67.9 Å². The van der Waals surface area contributed by atoms with Gasteiger partial charge in [0.15, 0.2) is 11.5 Å². The van der Waals surface area contributed by atoms with Crippen LogP contribution in [0.1, 0.15) is 32.3 Å². The molecule has 11 heteroatoms. The second-order valence-corrected chi connectivity index (χ2v) is 14.0. The summed E-state index contributed by atoms with van der Waals surface area (Å²) in [6, 6.07) is 18.1. The van der Waals surface area contributed by atoms with Crippen LogP contribution < -0.4 is 14.2 Å². The summed E-state index contributed by atoms with van der Waals surface area (Å²) in [6.07, 6.45) is 1.22. The standard InChI is InChI=1S/C30H34Cl4N2O4S/c1-21-20-36(15-17-40-29-26(33)11-5-12-27(29)34)14-13-30(21,2)22-7-3-8-23(19-22)35-41(37,38)18-6-16-39-28-24(31)9-4-10-25(28)32/h3-5,7-12,19,21,35H,6,13-18,20H2,1-2H3. The molecule has 0 radical (unpaired) electrons. The maximum absolute atomic E-state index is 12.8. The van der Waals surface area contributed by atoms with Gasteiger partial charge in [0.05, 0.1) is 32.5 Å². The number of nitrogens with zero attached hydrogens (tertiary/aromatic N) is 1. The number of halogens is 4. The number of anilines is 1. The molecule has 41 heavy (non-hydrogen) atoms. The van der Waals surface area contributed by atoms with Crippen molar-refractivity contribution < 1.29 is 17.9 Å². The molecule has 2 unspecified atom stereocenters. The average Bonchev–Trinajstić information content (AvgIpc) is 2.91. The van der Waals surface area contributed by atoms with Crippen LogP contribution in [0.3, 0.4) is 0 Å². The smallest absolute Gasteiger partial charge is 0.232 e. The van der Waals surface area contributed by atoms with Crippen molar-refractivity contribution >= 4 is 62.1 Å². The fourth-order valence-electron chi connectivity index (χ4n) is 5.06. The van der Waals surface area contributed by atoms with Gasteiger partial charge < -0.3 is 9.47 Å². The summed E-state index contributed by atoms with van der Waals surface area (Å²) in [4.78, 5) is 2.38. The first-order chi connectivity index (χ1) is 19.5. The van der Waals surface area contributed by atoms with E-state index in [0.29, 0.717) is 49.8 Å². The van der Waals surface area contributed by atoms with Gasteiger partial charge in [-0.05, 0) is 72.7 Å². The lowest BCUT2D eigenvalue weighted by Gasteiger charge is -2.45. The van der Waals surface area contributed by atoms with E-state index in [1.807, 2.05) is 12.1 Å². The summed E-state index contributed by atoms with van der Waals surface area (Å²) in [7, 11) is -3.58. The molecule has 6 nitrogen and oxygen atoms in total. The van der Waals surface area contributed by atoms with E-state index in [-0.39, 0.29) is 24.2 Å². The first kappa shape index (κ1) is 32.1. The van der Waals surface area contributed by atoms with Gasteiger partial charge in [0.2, 0.25) is 10.0 Å². The highest BCUT2D eigenvalue weighted by Crippen LogP contribution is 2.40. The number of para-hydroxylation sites is 2. The van der Waals surface area contributed by atoms with Gasteiger partial charge >= 0.3 is 0 Å². The van der Waals surface area contributed by atoms with Crippen LogP contribution in [0.4, 0.5) is 5.69 Å². The first-order valence-electron chi connectivity index (χ1n) is 13.5. The van der Waals surface area contributed by atoms with Crippen LogP contribution in [-0.4, -0.2) is 51.9 Å². The minimum Gasteiger partial charge on any atom is -0.490 e. The molecule has 0 saturated carbocycles. The second kappa shape index (κ2) is 14.1. The molecular formula is C30H34Cl4N2O4S. The molecule has 1 saturated heterocycles. The summed E-state index contributed by atoms with van der Waals surface area (Å²) in [5.74, 6) is 1.12. The van der Waals surface area contributed by atoms with Gasteiger partial charge in [-0.2, -0.15) is 0 Å². The lowest BCUT2D eigenvalue weighted by Crippen LogP contribution is -2.48. The second-order valence-electron chi connectivity index (χ2n) is 10.5. The zero-order valence-corrected chi connectivity index (χ0v) is 26.8. The molecule has 3 aromatic carbocycles. The van der Waals surface area contributed by atoms with E-state index in [1.54, 1.807) is 42.5 Å². The highest BCUT2D eigenvalue weighted by Gasteiger charge is 2.38. The molecule has 0 amide bonds. The minimum atomic E-state index is -3.58. The Labute approximate surface area is 262 Å². The monoisotopic (exact) mass is 658 g/mol. The van der Waals surface area contributed by atoms with Crippen LogP contribution in [0.2, 0.25) is 20.1 Å². The van der Waals surface area contributed by atoms with Gasteiger partial charge in [0, 0.05) is 18.8 Å². The molecule has 1 N–H and O–H groups in total. The summed E-state index contributed by atoms with van der Waals surface area (Å²) in [5.41, 5.74) is 1.56. The van der Waals surface area contributed by atoms with Gasteiger partial charge in [-0.3, -0.25) is 9.62 Å².